The van der Waals surface area contributed by atoms with Gasteiger partial charge < -0.3 is 15.5 Å². The van der Waals surface area contributed by atoms with Crippen LogP contribution in [-0.4, -0.2) is 40.6 Å². The summed E-state index contributed by atoms with van der Waals surface area (Å²) in [5, 5.41) is 8.62. The van der Waals surface area contributed by atoms with E-state index in [2.05, 4.69) is 22.0 Å². The van der Waals surface area contributed by atoms with Crippen LogP contribution in [0.15, 0.2) is 42.5 Å². The van der Waals surface area contributed by atoms with Crippen molar-refractivity contribution in [2.24, 2.45) is 0 Å². The zero-order chi connectivity index (χ0) is 22.2. The zero-order valence-electron chi connectivity index (χ0n) is 17.5. The summed E-state index contributed by atoms with van der Waals surface area (Å²) in [5.74, 6) is -1.09. The fourth-order valence-corrected chi connectivity index (χ4v) is 4.71. The van der Waals surface area contributed by atoms with E-state index in [1.807, 2.05) is 18.2 Å². The molecule has 8 heteroatoms. The summed E-state index contributed by atoms with van der Waals surface area (Å²) < 4.78 is 0. The summed E-state index contributed by atoms with van der Waals surface area (Å²) in [6.07, 6.45) is 3.12. The normalized spacial score (nSPS) is 22.4. The van der Waals surface area contributed by atoms with E-state index in [-0.39, 0.29) is 36.7 Å². The van der Waals surface area contributed by atoms with E-state index in [1.54, 1.807) is 18.2 Å². The van der Waals surface area contributed by atoms with Gasteiger partial charge in [0.2, 0.25) is 17.7 Å². The van der Waals surface area contributed by atoms with Crippen molar-refractivity contribution in [1.82, 2.24) is 10.2 Å². The summed E-state index contributed by atoms with van der Waals surface area (Å²) in [6.45, 7) is 0.277. The van der Waals surface area contributed by atoms with E-state index in [9.17, 15) is 19.2 Å². The van der Waals surface area contributed by atoms with Crippen molar-refractivity contribution in [3.63, 3.8) is 0 Å². The van der Waals surface area contributed by atoms with Gasteiger partial charge in [-0.3, -0.25) is 24.5 Å². The number of aryl methyl sites for hydroxylation is 1. The Balaban J connectivity index is 1.29. The Morgan fingerprint density at radius 2 is 1.84 bits per heavy atom. The maximum absolute atomic E-state index is 12.9. The van der Waals surface area contributed by atoms with Crippen molar-refractivity contribution in [2.45, 2.75) is 50.7 Å². The number of anilines is 2. The lowest BCUT2D eigenvalue weighted by Crippen LogP contribution is -2.52. The Morgan fingerprint density at radius 1 is 1.00 bits per heavy atom. The molecule has 0 saturated carbocycles. The third-order valence-corrected chi connectivity index (χ3v) is 6.39. The number of nitrogens with zero attached hydrogens (tertiary/aromatic N) is 1. The molecule has 5 rings (SSSR count). The summed E-state index contributed by atoms with van der Waals surface area (Å²) in [4.78, 5) is 50.9. The standard InChI is InChI=1S/C24H24N4O4/c29-21-11-10-20(23(31)27-21)28-13-15-12-16(8-9-17(15)24(28)32)25-22(30)19-7-3-5-14-4-1-2-6-18(14)26-19/h1-2,4,6,8-9,12,19-20,26H,3,5,7,10-11,13H2,(H,25,30)(H,27,29,31). The summed E-state index contributed by atoms with van der Waals surface area (Å²) in [6, 6.07) is 12.2. The van der Waals surface area contributed by atoms with Gasteiger partial charge in [0.15, 0.2) is 0 Å². The molecule has 3 heterocycles. The first-order valence-corrected chi connectivity index (χ1v) is 10.9. The van der Waals surface area contributed by atoms with Gasteiger partial charge in [0, 0.05) is 29.9 Å². The minimum Gasteiger partial charge on any atom is -0.373 e. The van der Waals surface area contributed by atoms with Crippen LogP contribution in [0.4, 0.5) is 11.4 Å². The monoisotopic (exact) mass is 432 g/mol. The van der Waals surface area contributed by atoms with Crippen molar-refractivity contribution in [2.75, 3.05) is 10.6 Å². The van der Waals surface area contributed by atoms with Crippen molar-refractivity contribution >= 4 is 35.0 Å². The number of hydrogen-bond donors (Lipinski definition) is 3. The number of fused-ring (bicyclic) bond motifs is 2. The zero-order valence-corrected chi connectivity index (χ0v) is 17.5. The van der Waals surface area contributed by atoms with Crippen molar-refractivity contribution < 1.29 is 19.2 Å². The van der Waals surface area contributed by atoms with E-state index in [0.717, 1.165) is 30.5 Å². The highest BCUT2D eigenvalue weighted by Gasteiger charge is 2.39. The molecule has 3 aliphatic heterocycles. The van der Waals surface area contributed by atoms with Crippen molar-refractivity contribution in [3.05, 3.63) is 59.2 Å². The number of rotatable bonds is 3. The van der Waals surface area contributed by atoms with Gasteiger partial charge in [-0.05, 0) is 61.1 Å². The van der Waals surface area contributed by atoms with E-state index in [1.165, 1.54) is 10.5 Å². The minimum absolute atomic E-state index is 0.118. The smallest absolute Gasteiger partial charge is 0.255 e. The summed E-state index contributed by atoms with van der Waals surface area (Å²) >= 11 is 0. The molecule has 2 aromatic carbocycles. The third-order valence-electron chi connectivity index (χ3n) is 6.39. The Bertz CT molecular complexity index is 1130. The van der Waals surface area contributed by atoms with Crippen LogP contribution in [0.2, 0.25) is 0 Å². The second kappa shape index (κ2) is 8.11. The molecule has 0 aliphatic carbocycles. The molecule has 0 bridgehead atoms. The second-order valence-corrected chi connectivity index (χ2v) is 8.51. The molecule has 2 atom stereocenters. The SMILES string of the molecule is O=C1CCC(N2Cc3cc(NC(=O)C4CCCc5ccccc5N4)ccc3C2=O)C(=O)N1. The summed E-state index contributed by atoms with van der Waals surface area (Å²) in [7, 11) is 0. The predicted octanol–water partition coefficient (Wildman–Crippen LogP) is 2.20. The predicted molar refractivity (Wildman–Crippen MR) is 118 cm³/mol. The lowest BCUT2D eigenvalue weighted by Gasteiger charge is -2.29. The highest BCUT2D eigenvalue weighted by molar-refractivity contribution is 6.06. The number of nitrogens with one attached hydrogen (secondary N) is 3. The fourth-order valence-electron chi connectivity index (χ4n) is 4.71. The highest BCUT2D eigenvalue weighted by Crippen LogP contribution is 2.30. The van der Waals surface area contributed by atoms with Gasteiger partial charge in [-0.15, -0.1) is 0 Å². The van der Waals surface area contributed by atoms with Gasteiger partial charge in [-0.2, -0.15) is 0 Å². The Hall–Kier alpha value is -3.68. The minimum atomic E-state index is -0.652. The first-order chi connectivity index (χ1) is 15.5. The van der Waals surface area contributed by atoms with Gasteiger partial charge in [0.25, 0.3) is 5.91 Å². The van der Waals surface area contributed by atoms with Crippen LogP contribution in [-0.2, 0) is 27.3 Å². The van der Waals surface area contributed by atoms with Crippen LogP contribution in [0.5, 0.6) is 0 Å². The van der Waals surface area contributed by atoms with Gasteiger partial charge in [0.1, 0.15) is 12.1 Å². The Labute approximate surface area is 185 Å². The number of amides is 4. The van der Waals surface area contributed by atoms with Crippen molar-refractivity contribution in [3.8, 4) is 0 Å². The summed E-state index contributed by atoms with van der Waals surface area (Å²) in [5.41, 5.74) is 4.11. The largest absolute Gasteiger partial charge is 0.373 e. The maximum atomic E-state index is 12.9. The molecule has 1 saturated heterocycles. The van der Waals surface area contributed by atoms with Gasteiger partial charge in [-0.1, -0.05) is 18.2 Å². The molecule has 2 aromatic rings. The molecule has 0 spiro atoms. The van der Waals surface area contributed by atoms with E-state index < -0.39 is 11.9 Å². The molecule has 0 aromatic heterocycles. The number of benzene rings is 2. The lowest BCUT2D eigenvalue weighted by atomic mass is 10.0. The number of para-hydroxylation sites is 1. The van der Waals surface area contributed by atoms with Gasteiger partial charge in [0.05, 0.1) is 0 Å². The molecule has 2 unspecified atom stereocenters. The van der Waals surface area contributed by atoms with Gasteiger partial charge >= 0.3 is 0 Å². The average Bonchev–Trinajstić information content (AvgIpc) is 2.95. The average molecular weight is 432 g/mol. The topological polar surface area (TPSA) is 108 Å². The molecule has 8 nitrogen and oxygen atoms in total. The Morgan fingerprint density at radius 3 is 2.69 bits per heavy atom. The first-order valence-electron chi connectivity index (χ1n) is 10.9. The molecule has 3 aliphatic rings. The third kappa shape index (κ3) is 3.72. The molecular formula is C24H24N4O4. The fraction of sp³-hybridized carbons (Fsp3) is 0.333. The molecule has 4 amide bonds. The van der Waals surface area contributed by atoms with E-state index >= 15 is 0 Å². The number of hydrogen-bond acceptors (Lipinski definition) is 5. The Kier molecular flexibility index (Phi) is 5.13. The van der Waals surface area contributed by atoms with Crippen LogP contribution in [0, 0.1) is 0 Å². The number of imide groups is 1. The number of piperidine rings is 1. The van der Waals surface area contributed by atoms with E-state index in [4.69, 9.17) is 0 Å². The number of carbonyl (C=O) groups excluding carboxylic acids is 4. The lowest BCUT2D eigenvalue weighted by molar-refractivity contribution is -0.137. The van der Waals surface area contributed by atoms with E-state index in [0.29, 0.717) is 17.7 Å². The van der Waals surface area contributed by atoms with Crippen LogP contribution >= 0.6 is 0 Å². The highest BCUT2D eigenvalue weighted by atomic mass is 16.2. The molecule has 0 radical (unpaired) electrons. The molecule has 3 N–H and O–H groups in total. The maximum Gasteiger partial charge on any atom is 0.255 e. The quantitative estimate of drug-likeness (QED) is 0.645. The first kappa shape index (κ1) is 20.2. The molecule has 164 valence electrons. The second-order valence-electron chi connectivity index (χ2n) is 8.51. The van der Waals surface area contributed by atoms with Crippen LogP contribution in [0.3, 0.4) is 0 Å². The molecule has 1 fully saturated rings. The van der Waals surface area contributed by atoms with Crippen LogP contribution < -0.4 is 16.0 Å². The van der Waals surface area contributed by atoms with Crippen LogP contribution in [0.25, 0.3) is 0 Å². The molecule has 32 heavy (non-hydrogen) atoms. The number of carbonyl (C=O) groups is 4. The van der Waals surface area contributed by atoms with Crippen LogP contribution in [0.1, 0.15) is 47.2 Å². The van der Waals surface area contributed by atoms with Crippen molar-refractivity contribution in [1.29, 1.82) is 0 Å². The molecular weight excluding hydrogens is 408 g/mol. The van der Waals surface area contributed by atoms with Gasteiger partial charge in [-0.25, -0.2) is 0 Å².